The van der Waals surface area contributed by atoms with Crippen LogP contribution in [0.3, 0.4) is 0 Å². The first-order valence-electron chi connectivity index (χ1n) is 4.57. The zero-order valence-electron chi connectivity index (χ0n) is 7.60. The summed E-state index contributed by atoms with van der Waals surface area (Å²) in [5.74, 6) is 0.181. The van der Waals surface area contributed by atoms with Crippen LogP contribution in [0.1, 0.15) is 23.3 Å². The molecule has 1 heterocycles. The lowest BCUT2D eigenvalue weighted by molar-refractivity contribution is 0.0419. The van der Waals surface area contributed by atoms with Crippen LogP contribution < -0.4 is 5.32 Å². The smallest absolute Gasteiger partial charge is 0.273 e. The first kappa shape index (κ1) is 9.14. The summed E-state index contributed by atoms with van der Waals surface area (Å²) in [5.41, 5.74) is 0.296. The molecule has 0 radical (unpaired) electrons. The second-order valence-corrected chi connectivity index (χ2v) is 3.56. The third-order valence-electron chi connectivity index (χ3n) is 2.41. The van der Waals surface area contributed by atoms with Crippen molar-refractivity contribution in [2.24, 2.45) is 5.92 Å². The lowest BCUT2D eigenvalue weighted by Gasteiger charge is -2.31. The number of aliphatic hydroxyl groups excluding tert-OH is 1. The molecule has 1 aromatic heterocycles. The van der Waals surface area contributed by atoms with Crippen molar-refractivity contribution >= 4 is 5.91 Å². The van der Waals surface area contributed by atoms with Gasteiger partial charge in [0.1, 0.15) is 0 Å². The van der Waals surface area contributed by atoms with E-state index in [2.05, 4.69) is 20.7 Å². The van der Waals surface area contributed by atoms with Gasteiger partial charge < -0.3 is 10.4 Å². The predicted octanol–water partition coefficient (Wildman–Crippen LogP) is -0.695. The van der Waals surface area contributed by atoms with Crippen LogP contribution in [-0.2, 0) is 0 Å². The molecule has 1 aromatic rings. The van der Waals surface area contributed by atoms with Crippen LogP contribution in [0.5, 0.6) is 0 Å². The standard InChI is InChI=1S/C8H12N4O2/c13-6-1-5(2-6)3-9-8(14)7-4-10-12-11-7/h4-6,13H,1-3H2,(H,9,14)(H,10,11,12). The molecule has 1 aliphatic carbocycles. The molecule has 6 heteroatoms. The molecule has 3 N–H and O–H groups in total. The number of nitrogens with zero attached hydrogens (tertiary/aromatic N) is 2. The molecule has 6 nitrogen and oxygen atoms in total. The Morgan fingerprint density at radius 2 is 2.50 bits per heavy atom. The number of aromatic amines is 1. The van der Waals surface area contributed by atoms with Gasteiger partial charge in [0.15, 0.2) is 5.69 Å². The summed E-state index contributed by atoms with van der Waals surface area (Å²) in [4.78, 5) is 11.3. The zero-order chi connectivity index (χ0) is 9.97. The number of nitrogens with one attached hydrogen (secondary N) is 2. The fourth-order valence-corrected chi connectivity index (χ4v) is 1.51. The van der Waals surface area contributed by atoms with Crippen LogP contribution in [0.4, 0.5) is 0 Å². The molecule has 0 bridgehead atoms. The van der Waals surface area contributed by atoms with Gasteiger partial charge in [0, 0.05) is 6.54 Å². The number of carbonyl (C=O) groups excluding carboxylic acids is 1. The molecule has 2 rings (SSSR count). The number of hydrogen-bond acceptors (Lipinski definition) is 4. The maximum absolute atomic E-state index is 11.3. The maximum atomic E-state index is 11.3. The molecule has 0 spiro atoms. The van der Waals surface area contributed by atoms with Crippen molar-refractivity contribution in [3.05, 3.63) is 11.9 Å². The molecule has 1 aliphatic rings. The normalized spacial score (nSPS) is 25.5. The minimum atomic E-state index is -0.222. The molecule has 1 amide bonds. The molecule has 0 aromatic carbocycles. The topological polar surface area (TPSA) is 90.9 Å². The second-order valence-electron chi connectivity index (χ2n) is 3.56. The Hall–Kier alpha value is -1.43. The van der Waals surface area contributed by atoms with Gasteiger partial charge >= 0.3 is 0 Å². The lowest BCUT2D eigenvalue weighted by atomic mass is 9.82. The van der Waals surface area contributed by atoms with E-state index in [0.29, 0.717) is 18.2 Å². The fourth-order valence-electron chi connectivity index (χ4n) is 1.51. The minimum absolute atomic E-state index is 0.177. The molecule has 0 aliphatic heterocycles. The van der Waals surface area contributed by atoms with Gasteiger partial charge in [-0.15, -0.1) is 0 Å². The number of rotatable bonds is 3. The van der Waals surface area contributed by atoms with E-state index >= 15 is 0 Å². The number of H-pyrrole nitrogens is 1. The maximum Gasteiger partial charge on any atom is 0.273 e. The Labute approximate surface area is 80.7 Å². The first-order chi connectivity index (χ1) is 6.75. The number of aliphatic hydroxyl groups is 1. The molecular formula is C8H12N4O2. The van der Waals surface area contributed by atoms with Crippen LogP contribution in [0.15, 0.2) is 6.20 Å². The zero-order valence-corrected chi connectivity index (χ0v) is 7.60. The van der Waals surface area contributed by atoms with Gasteiger partial charge in [0.25, 0.3) is 5.91 Å². The number of hydrogen-bond donors (Lipinski definition) is 3. The molecule has 76 valence electrons. The molecular weight excluding hydrogens is 184 g/mol. The lowest BCUT2D eigenvalue weighted by Crippen LogP contribution is -2.38. The third-order valence-corrected chi connectivity index (χ3v) is 2.41. The van der Waals surface area contributed by atoms with E-state index < -0.39 is 0 Å². The van der Waals surface area contributed by atoms with Crippen molar-refractivity contribution in [1.29, 1.82) is 0 Å². The summed E-state index contributed by atoms with van der Waals surface area (Å²) >= 11 is 0. The van der Waals surface area contributed by atoms with Crippen LogP contribution in [0, 0.1) is 5.92 Å². The van der Waals surface area contributed by atoms with E-state index in [9.17, 15) is 4.79 Å². The largest absolute Gasteiger partial charge is 0.393 e. The van der Waals surface area contributed by atoms with Crippen LogP contribution in [-0.4, -0.2) is 39.1 Å². The average Bonchev–Trinajstić information content (AvgIpc) is 2.62. The van der Waals surface area contributed by atoms with Gasteiger partial charge in [-0.1, -0.05) is 0 Å². The number of amides is 1. The highest BCUT2D eigenvalue weighted by Crippen LogP contribution is 2.26. The van der Waals surface area contributed by atoms with Crippen LogP contribution in [0.25, 0.3) is 0 Å². The Kier molecular flexibility index (Phi) is 2.45. The van der Waals surface area contributed by atoms with E-state index in [0.717, 1.165) is 12.8 Å². The molecule has 1 fully saturated rings. The highest BCUT2D eigenvalue weighted by Gasteiger charge is 2.27. The van der Waals surface area contributed by atoms with Crippen molar-refractivity contribution < 1.29 is 9.90 Å². The average molecular weight is 196 g/mol. The molecule has 1 saturated carbocycles. The van der Waals surface area contributed by atoms with Gasteiger partial charge in [0.05, 0.1) is 12.3 Å². The van der Waals surface area contributed by atoms with Gasteiger partial charge in [-0.05, 0) is 18.8 Å². The Bertz CT molecular complexity index is 305. The molecule has 0 atom stereocenters. The monoisotopic (exact) mass is 196 g/mol. The molecule has 0 unspecified atom stereocenters. The first-order valence-corrected chi connectivity index (χ1v) is 4.57. The van der Waals surface area contributed by atoms with Crippen LogP contribution >= 0.6 is 0 Å². The van der Waals surface area contributed by atoms with Crippen LogP contribution in [0.2, 0.25) is 0 Å². The summed E-state index contributed by atoms with van der Waals surface area (Å²) < 4.78 is 0. The van der Waals surface area contributed by atoms with Gasteiger partial charge in [-0.2, -0.15) is 15.4 Å². The Morgan fingerprint density at radius 1 is 1.71 bits per heavy atom. The number of aromatic nitrogens is 3. The van der Waals surface area contributed by atoms with E-state index in [1.807, 2.05) is 0 Å². The van der Waals surface area contributed by atoms with E-state index in [1.165, 1.54) is 6.20 Å². The Morgan fingerprint density at radius 3 is 3.07 bits per heavy atom. The van der Waals surface area contributed by atoms with Gasteiger partial charge in [-0.3, -0.25) is 4.79 Å². The van der Waals surface area contributed by atoms with E-state index in [4.69, 9.17) is 5.11 Å². The summed E-state index contributed by atoms with van der Waals surface area (Å²) in [6, 6.07) is 0. The van der Waals surface area contributed by atoms with E-state index in [-0.39, 0.29) is 12.0 Å². The summed E-state index contributed by atoms with van der Waals surface area (Å²) in [7, 11) is 0. The van der Waals surface area contributed by atoms with Crippen molar-refractivity contribution in [2.75, 3.05) is 6.54 Å². The highest BCUT2D eigenvalue weighted by molar-refractivity contribution is 5.91. The summed E-state index contributed by atoms with van der Waals surface area (Å²) in [6.07, 6.45) is 2.76. The molecule has 0 saturated heterocycles. The minimum Gasteiger partial charge on any atom is -0.393 e. The van der Waals surface area contributed by atoms with Crippen molar-refractivity contribution in [2.45, 2.75) is 18.9 Å². The fraction of sp³-hybridized carbons (Fsp3) is 0.625. The SMILES string of the molecule is O=C(NCC1CC(O)C1)c1cn[nH]n1. The molecule has 14 heavy (non-hydrogen) atoms. The summed E-state index contributed by atoms with van der Waals surface area (Å²) in [6.45, 7) is 0.600. The van der Waals surface area contributed by atoms with E-state index in [1.54, 1.807) is 0 Å². The number of carbonyl (C=O) groups is 1. The predicted molar refractivity (Wildman–Crippen MR) is 47.4 cm³/mol. The van der Waals surface area contributed by atoms with Crippen molar-refractivity contribution in [3.63, 3.8) is 0 Å². The van der Waals surface area contributed by atoms with Crippen molar-refractivity contribution in [3.8, 4) is 0 Å². The summed E-state index contributed by atoms with van der Waals surface area (Å²) in [5, 5.41) is 21.3. The third kappa shape index (κ3) is 1.90. The highest BCUT2D eigenvalue weighted by atomic mass is 16.3. The van der Waals surface area contributed by atoms with Gasteiger partial charge in [0.2, 0.25) is 0 Å². The quantitative estimate of drug-likeness (QED) is 0.596. The Balaban J connectivity index is 1.74. The van der Waals surface area contributed by atoms with Gasteiger partial charge in [-0.25, -0.2) is 0 Å². The second kappa shape index (κ2) is 3.75. The van der Waals surface area contributed by atoms with Crippen molar-refractivity contribution in [1.82, 2.24) is 20.7 Å².